The van der Waals surface area contributed by atoms with Crippen molar-refractivity contribution < 1.29 is 0 Å². The number of hydrogen-bond donors (Lipinski definition) is 1. The molecule has 0 aromatic carbocycles. The number of nitrogens with one attached hydrogen (secondary N) is 1. The van der Waals surface area contributed by atoms with Crippen LogP contribution in [0.2, 0.25) is 0 Å². The Morgan fingerprint density at radius 3 is 2.76 bits per heavy atom. The highest BCUT2D eigenvalue weighted by atomic mass is 32.1. The maximum atomic E-state index is 4.70. The second kappa shape index (κ2) is 5.83. The van der Waals surface area contributed by atoms with Crippen molar-refractivity contribution in [1.29, 1.82) is 0 Å². The molecule has 1 aromatic heterocycles. The van der Waals surface area contributed by atoms with Gasteiger partial charge in [-0.1, -0.05) is 6.92 Å². The molecule has 1 aliphatic heterocycles. The third-order valence-electron chi connectivity index (χ3n) is 3.48. The first-order valence-corrected chi connectivity index (χ1v) is 7.47. The van der Waals surface area contributed by atoms with Gasteiger partial charge in [-0.05, 0) is 33.1 Å². The Morgan fingerprint density at radius 2 is 2.12 bits per heavy atom. The van der Waals surface area contributed by atoms with Gasteiger partial charge in [0.25, 0.3) is 0 Å². The Kier molecular flexibility index (Phi) is 4.40. The van der Waals surface area contributed by atoms with Crippen molar-refractivity contribution in [3.8, 4) is 0 Å². The van der Waals surface area contributed by atoms with Crippen LogP contribution in [0.4, 0.5) is 5.13 Å². The molecule has 17 heavy (non-hydrogen) atoms. The van der Waals surface area contributed by atoms with Crippen molar-refractivity contribution in [3.63, 3.8) is 0 Å². The van der Waals surface area contributed by atoms with Gasteiger partial charge in [0, 0.05) is 30.6 Å². The lowest BCUT2D eigenvalue weighted by molar-refractivity contribution is 0.536. The molecule has 0 spiro atoms. The molecule has 1 unspecified atom stereocenters. The van der Waals surface area contributed by atoms with Crippen LogP contribution in [0.3, 0.4) is 0 Å². The molecule has 0 radical (unpaired) electrons. The van der Waals surface area contributed by atoms with Crippen molar-refractivity contribution in [3.05, 3.63) is 10.6 Å². The van der Waals surface area contributed by atoms with E-state index in [9.17, 15) is 0 Å². The van der Waals surface area contributed by atoms with Crippen molar-refractivity contribution in [2.75, 3.05) is 18.0 Å². The first kappa shape index (κ1) is 12.8. The molecule has 0 amide bonds. The highest BCUT2D eigenvalue weighted by Gasteiger charge is 2.17. The van der Waals surface area contributed by atoms with Gasteiger partial charge in [-0.2, -0.15) is 0 Å². The largest absolute Gasteiger partial charge is 0.348 e. The van der Waals surface area contributed by atoms with E-state index in [1.807, 2.05) is 11.3 Å². The van der Waals surface area contributed by atoms with Gasteiger partial charge in [0.15, 0.2) is 5.13 Å². The van der Waals surface area contributed by atoms with E-state index in [0.717, 1.165) is 6.54 Å². The molecule has 1 aliphatic rings. The summed E-state index contributed by atoms with van der Waals surface area (Å²) in [6.07, 6.45) is 3.81. The van der Waals surface area contributed by atoms with Crippen LogP contribution < -0.4 is 10.2 Å². The summed E-state index contributed by atoms with van der Waals surface area (Å²) in [7, 11) is 0. The lowest BCUT2D eigenvalue weighted by Crippen LogP contribution is -2.24. The molecule has 2 rings (SSSR count). The lowest BCUT2D eigenvalue weighted by atomic mass is 10.2. The van der Waals surface area contributed by atoms with E-state index in [0.29, 0.717) is 6.04 Å². The first-order chi connectivity index (χ1) is 8.20. The summed E-state index contributed by atoms with van der Waals surface area (Å²) >= 11 is 1.86. The summed E-state index contributed by atoms with van der Waals surface area (Å²) < 4.78 is 0. The molecular formula is C13H23N3S. The van der Waals surface area contributed by atoms with Gasteiger partial charge in [0.2, 0.25) is 0 Å². The number of hydrogen-bond acceptors (Lipinski definition) is 4. The molecule has 1 N–H and O–H groups in total. The fraction of sp³-hybridized carbons (Fsp3) is 0.769. The van der Waals surface area contributed by atoms with Crippen molar-refractivity contribution in [2.24, 2.45) is 0 Å². The normalized spacial score (nSPS) is 17.7. The molecule has 1 fully saturated rings. The van der Waals surface area contributed by atoms with Gasteiger partial charge in [-0.25, -0.2) is 4.98 Å². The summed E-state index contributed by atoms with van der Waals surface area (Å²) in [5, 5.41) is 4.77. The fourth-order valence-corrected chi connectivity index (χ4v) is 3.10. The molecule has 1 aromatic rings. The molecular weight excluding hydrogens is 230 g/mol. The van der Waals surface area contributed by atoms with Crippen LogP contribution in [0.15, 0.2) is 0 Å². The van der Waals surface area contributed by atoms with Gasteiger partial charge in [-0.3, -0.25) is 0 Å². The topological polar surface area (TPSA) is 28.2 Å². The summed E-state index contributed by atoms with van der Waals surface area (Å²) in [4.78, 5) is 8.52. The van der Waals surface area contributed by atoms with E-state index < -0.39 is 0 Å². The zero-order valence-corrected chi connectivity index (χ0v) is 11.9. The smallest absolute Gasteiger partial charge is 0.185 e. The second-order valence-corrected chi connectivity index (χ2v) is 5.95. The number of thiazole rings is 1. The number of rotatable bonds is 5. The van der Waals surface area contributed by atoms with Gasteiger partial charge in [0.05, 0.1) is 5.69 Å². The van der Waals surface area contributed by atoms with Crippen LogP contribution in [-0.4, -0.2) is 24.1 Å². The average Bonchev–Trinajstić information content (AvgIpc) is 2.95. The summed E-state index contributed by atoms with van der Waals surface area (Å²) in [5.74, 6) is 0. The van der Waals surface area contributed by atoms with Crippen LogP contribution in [-0.2, 0) is 6.54 Å². The predicted octanol–water partition coefficient (Wildman–Crippen LogP) is 2.94. The summed E-state index contributed by atoms with van der Waals surface area (Å²) in [6.45, 7) is 9.91. The number of aromatic nitrogens is 1. The highest BCUT2D eigenvalue weighted by Crippen LogP contribution is 2.28. The van der Waals surface area contributed by atoms with E-state index >= 15 is 0 Å². The minimum absolute atomic E-state index is 0.590. The van der Waals surface area contributed by atoms with E-state index in [-0.39, 0.29) is 0 Å². The van der Waals surface area contributed by atoms with Gasteiger partial charge < -0.3 is 10.2 Å². The maximum Gasteiger partial charge on any atom is 0.185 e. The van der Waals surface area contributed by atoms with Crippen LogP contribution in [0.5, 0.6) is 0 Å². The minimum Gasteiger partial charge on any atom is -0.348 e. The average molecular weight is 253 g/mol. The Hall–Kier alpha value is -0.610. The number of nitrogens with zero attached hydrogens (tertiary/aromatic N) is 2. The highest BCUT2D eigenvalue weighted by molar-refractivity contribution is 7.15. The quantitative estimate of drug-likeness (QED) is 0.874. The number of anilines is 1. The Balaban J connectivity index is 1.97. The first-order valence-electron chi connectivity index (χ1n) is 6.65. The van der Waals surface area contributed by atoms with Crippen molar-refractivity contribution in [2.45, 2.75) is 52.6 Å². The zero-order valence-electron chi connectivity index (χ0n) is 11.1. The van der Waals surface area contributed by atoms with Crippen LogP contribution >= 0.6 is 11.3 Å². The maximum absolute atomic E-state index is 4.70. The van der Waals surface area contributed by atoms with E-state index in [2.05, 4.69) is 31.0 Å². The van der Waals surface area contributed by atoms with E-state index in [4.69, 9.17) is 4.98 Å². The fourth-order valence-electron chi connectivity index (χ4n) is 2.03. The molecule has 3 nitrogen and oxygen atoms in total. The molecule has 1 atom stereocenters. The van der Waals surface area contributed by atoms with Gasteiger partial charge in [-0.15, -0.1) is 11.3 Å². The Bertz CT molecular complexity index is 356. The van der Waals surface area contributed by atoms with E-state index in [1.54, 1.807) is 0 Å². The van der Waals surface area contributed by atoms with Crippen molar-refractivity contribution >= 4 is 16.5 Å². The van der Waals surface area contributed by atoms with E-state index in [1.165, 1.54) is 48.1 Å². The molecule has 4 heteroatoms. The van der Waals surface area contributed by atoms with Gasteiger partial charge in [0.1, 0.15) is 0 Å². The standard InChI is InChI=1S/C13H23N3S/c1-4-10(2)14-9-12-11(3)15-13(17-12)16-7-5-6-8-16/h10,14H,4-9H2,1-3H3. The van der Waals surface area contributed by atoms with Gasteiger partial charge >= 0.3 is 0 Å². The van der Waals surface area contributed by atoms with Crippen LogP contribution in [0.25, 0.3) is 0 Å². The SMILES string of the molecule is CCC(C)NCc1sc(N2CCCC2)nc1C. The third kappa shape index (κ3) is 3.19. The molecule has 0 bridgehead atoms. The summed E-state index contributed by atoms with van der Waals surface area (Å²) in [5.41, 5.74) is 1.20. The zero-order chi connectivity index (χ0) is 12.3. The Labute approximate surface area is 108 Å². The monoisotopic (exact) mass is 253 g/mol. The molecule has 96 valence electrons. The molecule has 2 heterocycles. The molecule has 0 aliphatic carbocycles. The molecule has 1 saturated heterocycles. The third-order valence-corrected chi connectivity index (χ3v) is 4.70. The van der Waals surface area contributed by atoms with Crippen LogP contribution in [0.1, 0.15) is 43.7 Å². The second-order valence-electron chi connectivity index (χ2n) is 4.89. The predicted molar refractivity (Wildman–Crippen MR) is 74.9 cm³/mol. The molecule has 0 saturated carbocycles. The lowest BCUT2D eigenvalue weighted by Gasteiger charge is -2.12. The number of aryl methyl sites for hydroxylation is 1. The summed E-state index contributed by atoms with van der Waals surface area (Å²) in [6, 6.07) is 0.590. The Morgan fingerprint density at radius 1 is 1.41 bits per heavy atom. The van der Waals surface area contributed by atoms with Crippen LogP contribution in [0, 0.1) is 6.92 Å². The minimum atomic E-state index is 0.590. The van der Waals surface area contributed by atoms with Crippen molar-refractivity contribution in [1.82, 2.24) is 10.3 Å².